The lowest BCUT2D eigenvalue weighted by atomic mass is 9.83. The summed E-state index contributed by atoms with van der Waals surface area (Å²) >= 11 is 7.76. The van der Waals surface area contributed by atoms with Crippen molar-refractivity contribution in [1.29, 1.82) is 0 Å². The summed E-state index contributed by atoms with van der Waals surface area (Å²) in [5, 5.41) is 12.4. The van der Waals surface area contributed by atoms with Crippen molar-refractivity contribution in [3.8, 4) is 0 Å². The second-order valence-corrected chi connectivity index (χ2v) is 10.1. The lowest BCUT2D eigenvalue weighted by Gasteiger charge is -2.22. The SMILES string of the molecule is CC=c1c(CC)c/c(=C(\N=Nc2ccc(Cl)cc2)c2ccc(C)s2)cc1C(C)(C)C. The second kappa shape index (κ2) is 9.28. The normalized spacial score (nSPS) is 13.9. The van der Waals surface area contributed by atoms with E-state index in [0.29, 0.717) is 5.02 Å². The first-order valence-corrected chi connectivity index (χ1v) is 11.5. The molecule has 0 atom stereocenters. The molecule has 0 saturated heterocycles. The molecular weight excluding hydrogens is 408 g/mol. The molecule has 3 aromatic rings. The summed E-state index contributed by atoms with van der Waals surface area (Å²) in [6.45, 7) is 13.3. The summed E-state index contributed by atoms with van der Waals surface area (Å²) in [7, 11) is 0. The van der Waals surface area contributed by atoms with Gasteiger partial charge in [-0.15, -0.1) is 16.5 Å². The van der Waals surface area contributed by atoms with Gasteiger partial charge in [-0.3, -0.25) is 0 Å². The van der Waals surface area contributed by atoms with Gasteiger partial charge in [-0.25, -0.2) is 0 Å². The second-order valence-electron chi connectivity index (χ2n) is 8.42. The molecule has 0 saturated carbocycles. The van der Waals surface area contributed by atoms with Crippen LogP contribution < -0.4 is 10.4 Å². The molecule has 2 nitrogen and oxygen atoms in total. The van der Waals surface area contributed by atoms with Gasteiger partial charge < -0.3 is 0 Å². The Morgan fingerprint density at radius 3 is 2.30 bits per heavy atom. The fourth-order valence-corrected chi connectivity index (χ4v) is 4.53. The monoisotopic (exact) mass is 436 g/mol. The molecule has 0 aliphatic carbocycles. The molecule has 4 heteroatoms. The third kappa shape index (κ3) is 5.08. The van der Waals surface area contributed by atoms with Crippen molar-refractivity contribution < 1.29 is 0 Å². The van der Waals surface area contributed by atoms with Gasteiger partial charge in [0, 0.05) is 15.1 Å². The van der Waals surface area contributed by atoms with Gasteiger partial charge >= 0.3 is 0 Å². The van der Waals surface area contributed by atoms with Crippen LogP contribution in [-0.2, 0) is 11.8 Å². The molecule has 0 spiro atoms. The molecule has 0 fully saturated rings. The van der Waals surface area contributed by atoms with Gasteiger partial charge in [-0.05, 0) is 90.6 Å². The Kier molecular flexibility index (Phi) is 6.95. The van der Waals surface area contributed by atoms with Gasteiger partial charge in [0.1, 0.15) is 5.70 Å². The quantitative estimate of drug-likeness (QED) is 0.383. The van der Waals surface area contributed by atoms with E-state index in [1.807, 2.05) is 24.3 Å². The maximum absolute atomic E-state index is 6.01. The highest BCUT2D eigenvalue weighted by Gasteiger charge is 2.18. The summed E-state index contributed by atoms with van der Waals surface area (Å²) in [6.07, 6.45) is 3.20. The first kappa shape index (κ1) is 22.5. The first-order chi connectivity index (χ1) is 14.2. The van der Waals surface area contributed by atoms with Crippen LogP contribution in [0.15, 0.2) is 58.8 Å². The minimum atomic E-state index is 0.0333. The zero-order chi connectivity index (χ0) is 21.9. The van der Waals surface area contributed by atoms with Crippen molar-refractivity contribution in [3.63, 3.8) is 0 Å². The third-order valence-corrected chi connectivity index (χ3v) is 6.34. The van der Waals surface area contributed by atoms with Gasteiger partial charge in [-0.2, -0.15) is 5.11 Å². The van der Waals surface area contributed by atoms with E-state index in [1.54, 1.807) is 11.3 Å². The summed E-state index contributed by atoms with van der Waals surface area (Å²) in [6, 6.07) is 16.3. The molecule has 3 rings (SSSR count). The Morgan fingerprint density at radius 1 is 1.07 bits per heavy atom. The highest BCUT2D eigenvalue weighted by molar-refractivity contribution is 7.13. The van der Waals surface area contributed by atoms with Gasteiger partial charge in [0.2, 0.25) is 0 Å². The highest BCUT2D eigenvalue weighted by atomic mass is 35.5. The predicted molar refractivity (Wildman–Crippen MR) is 131 cm³/mol. The Labute approximate surface area is 188 Å². The number of thiophene rings is 1. The number of hydrogen-bond acceptors (Lipinski definition) is 3. The fraction of sp³-hybridized carbons (Fsp3) is 0.308. The van der Waals surface area contributed by atoms with Crippen LogP contribution in [0, 0.1) is 6.92 Å². The topological polar surface area (TPSA) is 24.7 Å². The maximum Gasteiger partial charge on any atom is 0.110 e. The molecule has 30 heavy (non-hydrogen) atoms. The largest absolute Gasteiger partial charge is 0.151 e. The number of azo groups is 1. The number of hydrogen-bond donors (Lipinski definition) is 0. The van der Waals surface area contributed by atoms with E-state index in [2.05, 4.69) is 77.0 Å². The third-order valence-electron chi connectivity index (χ3n) is 5.08. The number of nitrogens with zero attached hydrogens (tertiary/aromatic N) is 2. The highest BCUT2D eigenvalue weighted by Crippen LogP contribution is 2.26. The van der Waals surface area contributed by atoms with E-state index in [0.717, 1.165) is 27.9 Å². The average Bonchev–Trinajstić information content (AvgIpc) is 3.14. The Bertz CT molecular complexity index is 1180. The number of aryl methyl sites for hydroxylation is 2. The molecule has 1 aromatic heterocycles. The number of benzene rings is 2. The number of halogens is 1. The van der Waals surface area contributed by atoms with Crippen LogP contribution in [0.25, 0.3) is 11.8 Å². The zero-order valence-corrected chi connectivity index (χ0v) is 20.2. The number of rotatable bonds is 4. The minimum Gasteiger partial charge on any atom is -0.151 e. The minimum absolute atomic E-state index is 0.0333. The van der Waals surface area contributed by atoms with Crippen molar-refractivity contribution in [1.82, 2.24) is 0 Å². The van der Waals surface area contributed by atoms with Crippen LogP contribution in [0.1, 0.15) is 55.5 Å². The fourth-order valence-electron chi connectivity index (χ4n) is 3.53. The van der Waals surface area contributed by atoms with Crippen LogP contribution in [0.3, 0.4) is 0 Å². The molecule has 156 valence electrons. The molecule has 0 radical (unpaired) electrons. The lowest BCUT2D eigenvalue weighted by molar-refractivity contribution is 0.584. The van der Waals surface area contributed by atoms with Crippen LogP contribution in [0.5, 0.6) is 0 Å². The molecule has 0 aliphatic heterocycles. The van der Waals surface area contributed by atoms with Crippen molar-refractivity contribution in [3.05, 3.63) is 84.9 Å². The van der Waals surface area contributed by atoms with Crippen LogP contribution in [-0.4, -0.2) is 0 Å². The van der Waals surface area contributed by atoms with Gasteiger partial charge in [0.15, 0.2) is 0 Å². The molecular formula is C26H29ClN2S. The van der Waals surface area contributed by atoms with E-state index in [4.69, 9.17) is 16.7 Å². The van der Waals surface area contributed by atoms with Crippen LogP contribution >= 0.6 is 22.9 Å². The average molecular weight is 437 g/mol. The molecule has 1 heterocycles. The first-order valence-electron chi connectivity index (χ1n) is 10.3. The maximum atomic E-state index is 6.01. The van der Waals surface area contributed by atoms with Crippen LogP contribution in [0.4, 0.5) is 5.69 Å². The molecule has 0 amide bonds. The van der Waals surface area contributed by atoms with E-state index < -0.39 is 0 Å². The Morgan fingerprint density at radius 2 is 1.77 bits per heavy atom. The van der Waals surface area contributed by atoms with E-state index in [1.165, 1.54) is 21.2 Å². The Balaban J connectivity index is 2.33. The van der Waals surface area contributed by atoms with Gasteiger partial charge in [0.25, 0.3) is 0 Å². The van der Waals surface area contributed by atoms with E-state index in [-0.39, 0.29) is 5.41 Å². The molecule has 2 aromatic carbocycles. The standard InChI is InChI=1S/C26H29ClN2S/c1-7-18-15-19(16-23(22(18)8-2)26(4,5)6)25(24-14-9-17(3)30-24)29-28-21-12-10-20(27)11-13-21/h8-16H,7H2,1-6H3/b22-8?,25-19+,29-28?. The lowest BCUT2D eigenvalue weighted by Crippen LogP contribution is -2.29. The summed E-state index contributed by atoms with van der Waals surface area (Å²) in [4.78, 5) is 2.38. The molecule has 0 unspecified atom stereocenters. The van der Waals surface area contributed by atoms with Crippen molar-refractivity contribution >= 4 is 40.4 Å². The van der Waals surface area contributed by atoms with Crippen molar-refractivity contribution in [2.45, 2.75) is 53.4 Å². The molecule has 0 aliphatic rings. The Hall–Kier alpha value is -2.23. The molecule has 0 bridgehead atoms. The molecule has 0 N–H and O–H groups in total. The van der Waals surface area contributed by atoms with Crippen LogP contribution in [0.2, 0.25) is 5.02 Å². The van der Waals surface area contributed by atoms with Crippen molar-refractivity contribution in [2.75, 3.05) is 0 Å². The smallest absolute Gasteiger partial charge is 0.110 e. The summed E-state index contributed by atoms with van der Waals surface area (Å²) < 4.78 is 0. The van der Waals surface area contributed by atoms with E-state index >= 15 is 0 Å². The van der Waals surface area contributed by atoms with Gasteiger partial charge in [0.05, 0.1) is 10.6 Å². The van der Waals surface area contributed by atoms with Crippen molar-refractivity contribution in [2.24, 2.45) is 10.2 Å². The van der Waals surface area contributed by atoms with Gasteiger partial charge in [-0.1, -0.05) is 45.4 Å². The van der Waals surface area contributed by atoms with E-state index in [9.17, 15) is 0 Å². The zero-order valence-electron chi connectivity index (χ0n) is 18.6. The summed E-state index contributed by atoms with van der Waals surface area (Å²) in [5.74, 6) is 0. The summed E-state index contributed by atoms with van der Waals surface area (Å²) in [5.41, 5.74) is 4.41. The predicted octanol–water partition coefficient (Wildman–Crippen LogP) is 7.31.